The largest absolute Gasteiger partial charge is 0.493 e. The minimum absolute atomic E-state index is 0.123. The summed E-state index contributed by atoms with van der Waals surface area (Å²) in [5, 5.41) is 29.9. The van der Waals surface area contributed by atoms with Gasteiger partial charge in [0.1, 0.15) is 0 Å². The second kappa shape index (κ2) is 7.62. The number of azo groups is 1. The number of aliphatic hydroxyl groups is 1. The minimum atomic E-state index is -2.01. The molecule has 6 nitrogen and oxygen atoms in total. The summed E-state index contributed by atoms with van der Waals surface area (Å²) in [4.78, 5) is 15.9. The molecule has 0 bridgehead atoms. The fraction of sp³-hybridized carbons (Fsp3) is 0.0455. The van der Waals surface area contributed by atoms with Gasteiger partial charge in [-0.1, -0.05) is 76.6 Å². The van der Waals surface area contributed by atoms with Crippen molar-refractivity contribution in [3.8, 4) is 5.88 Å². The zero-order valence-corrected chi connectivity index (χ0v) is 16.7. The second-order valence-corrected chi connectivity index (χ2v) is 7.38. The molecular weight excluding hydrogens is 434 g/mol. The summed E-state index contributed by atoms with van der Waals surface area (Å²) in [5.74, 6) is -1.07. The van der Waals surface area contributed by atoms with E-state index in [9.17, 15) is 15.0 Å². The van der Waals surface area contributed by atoms with Crippen LogP contribution in [0.5, 0.6) is 5.88 Å². The fourth-order valence-corrected chi connectivity index (χ4v) is 3.54. The SMILES string of the molecule is O=C(N=Nc1c(O)[nH]c2ccc(Br)cc12)C(O)(c1ccccc1)c1ccccc1. The van der Waals surface area contributed by atoms with Gasteiger partial charge in [-0.15, -0.1) is 10.2 Å². The Labute approximate surface area is 174 Å². The van der Waals surface area contributed by atoms with Gasteiger partial charge in [0.25, 0.3) is 0 Å². The van der Waals surface area contributed by atoms with Crippen molar-refractivity contribution in [2.75, 3.05) is 0 Å². The van der Waals surface area contributed by atoms with Crippen molar-refractivity contribution >= 4 is 38.4 Å². The Hall–Kier alpha value is -3.29. The zero-order valence-electron chi connectivity index (χ0n) is 15.1. The molecule has 1 heterocycles. The van der Waals surface area contributed by atoms with Crippen LogP contribution in [0.25, 0.3) is 10.9 Å². The van der Waals surface area contributed by atoms with Gasteiger partial charge in [-0.05, 0) is 29.3 Å². The number of aromatic hydroxyl groups is 1. The molecule has 3 N–H and O–H groups in total. The summed E-state index contributed by atoms with van der Waals surface area (Å²) < 4.78 is 0.789. The fourth-order valence-electron chi connectivity index (χ4n) is 3.18. The van der Waals surface area contributed by atoms with Crippen LogP contribution in [0.3, 0.4) is 0 Å². The van der Waals surface area contributed by atoms with E-state index in [1.807, 2.05) is 6.07 Å². The normalized spacial score (nSPS) is 11.9. The number of rotatable bonds is 4. The number of aromatic nitrogens is 1. The van der Waals surface area contributed by atoms with Crippen molar-refractivity contribution in [2.24, 2.45) is 10.2 Å². The van der Waals surface area contributed by atoms with Crippen LogP contribution in [0.1, 0.15) is 11.1 Å². The molecule has 0 aliphatic heterocycles. The first kappa shape index (κ1) is 19.0. The maximum Gasteiger partial charge on any atom is 0.305 e. The lowest BCUT2D eigenvalue weighted by atomic mass is 9.86. The summed E-state index contributed by atoms with van der Waals surface area (Å²) in [6.07, 6.45) is 0. The highest BCUT2D eigenvalue weighted by atomic mass is 79.9. The molecule has 0 radical (unpaired) electrons. The quantitative estimate of drug-likeness (QED) is 0.374. The molecule has 0 atom stereocenters. The van der Waals surface area contributed by atoms with Crippen molar-refractivity contribution in [3.05, 3.63) is 94.5 Å². The first-order chi connectivity index (χ1) is 14.0. The summed E-state index contributed by atoms with van der Waals surface area (Å²) >= 11 is 3.37. The monoisotopic (exact) mass is 449 g/mol. The first-order valence-corrected chi connectivity index (χ1v) is 9.59. The lowest BCUT2D eigenvalue weighted by Crippen LogP contribution is -2.35. The Balaban J connectivity index is 1.79. The van der Waals surface area contributed by atoms with E-state index in [-0.39, 0.29) is 11.6 Å². The summed E-state index contributed by atoms with van der Waals surface area (Å²) in [6, 6.07) is 22.5. The van der Waals surface area contributed by atoms with Crippen LogP contribution < -0.4 is 0 Å². The van der Waals surface area contributed by atoms with Gasteiger partial charge in [-0.3, -0.25) is 4.79 Å². The standard InChI is InChI=1S/C22H16BrN3O3/c23-16-11-12-18-17(13-16)19(20(27)24-18)25-26-21(28)22(29,14-7-3-1-4-8-14)15-9-5-2-6-10-15/h1-13,24,27,29H. The predicted octanol–water partition coefficient (Wildman–Crippen LogP) is 5.18. The maximum absolute atomic E-state index is 13.1. The first-order valence-electron chi connectivity index (χ1n) is 8.80. The van der Waals surface area contributed by atoms with Gasteiger partial charge in [0.15, 0.2) is 11.3 Å². The molecule has 1 aromatic heterocycles. The van der Waals surface area contributed by atoms with E-state index >= 15 is 0 Å². The number of carbonyl (C=O) groups is 1. The smallest absolute Gasteiger partial charge is 0.305 e. The molecular formula is C22H16BrN3O3. The molecule has 3 aromatic carbocycles. The topological polar surface area (TPSA) is 98.0 Å². The number of hydrogen-bond acceptors (Lipinski definition) is 4. The number of carbonyl (C=O) groups excluding carboxylic acids is 1. The van der Waals surface area contributed by atoms with Crippen LogP contribution in [0.4, 0.5) is 5.69 Å². The summed E-state index contributed by atoms with van der Waals surface area (Å²) in [6.45, 7) is 0. The van der Waals surface area contributed by atoms with Crippen LogP contribution in [0.15, 0.2) is 93.6 Å². The van der Waals surface area contributed by atoms with E-state index in [4.69, 9.17) is 0 Å². The van der Waals surface area contributed by atoms with E-state index in [0.29, 0.717) is 22.0 Å². The van der Waals surface area contributed by atoms with E-state index < -0.39 is 11.5 Å². The van der Waals surface area contributed by atoms with Crippen LogP contribution >= 0.6 is 15.9 Å². The van der Waals surface area contributed by atoms with Crippen molar-refractivity contribution < 1.29 is 15.0 Å². The summed E-state index contributed by atoms with van der Waals surface area (Å²) in [5.41, 5.74) is -0.484. The number of fused-ring (bicyclic) bond motifs is 1. The van der Waals surface area contributed by atoms with Crippen molar-refractivity contribution in [3.63, 3.8) is 0 Å². The van der Waals surface area contributed by atoms with E-state index in [1.165, 1.54) is 0 Å². The predicted molar refractivity (Wildman–Crippen MR) is 113 cm³/mol. The Bertz CT molecular complexity index is 1160. The zero-order chi connectivity index (χ0) is 20.4. The van der Waals surface area contributed by atoms with Crippen LogP contribution in [-0.2, 0) is 10.4 Å². The lowest BCUT2D eigenvalue weighted by Gasteiger charge is -2.25. The second-order valence-electron chi connectivity index (χ2n) is 6.46. The molecule has 0 saturated heterocycles. The number of H-pyrrole nitrogens is 1. The number of aromatic amines is 1. The van der Waals surface area contributed by atoms with Crippen molar-refractivity contribution in [1.29, 1.82) is 0 Å². The molecule has 0 saturated carbocycles. The van der Waals surface area contributed by atoms with Gasteiger partial charge in [-0.25, -0.2) is 0 Å². The molecule has 1 amide bonds. The molecule has 144 valence electrons. The average molecular weight is 450 g/mol. The Kier molecular flexibility index (Phi) is 5.00. The van der Waals surface area contributed by atoms with Gasteiger partial charge in [0.05, 0.1) is 5.52 Å². The third-order valence-corrected chi connectivity index (χ3v) is 5.14. The van der Waals surface area contributed by atoms with Crippen molar-refractivity contribution in [1.82, 2.24) is 4.98 Å². The van der Waals surface area contributed by atoms with Crippen molar-refractivity contribution in [2.45, 2.75) is 5.60 Å². The molecule has 0 unspecified atom stereocenters. The van der Waals surface area contributed by atoms with Gasteiger partial charge in [0, 0.05) is 9.86 Å². The van der Waals surface area contributed by atoms with Crippen LogP contribution in [-0.4, -0.2) is 21.1 Å². The number of amides is 1. The number of hydrogen-bond donors (Lipinski definition) is 3. The summed E-state index contributed by atoms with van der Waals surface area (Å²) in [7, 11) is 0. The number of halogens is 1. The van der Waals surface area contributed by atoms with E-state index in [0.717, 1.165) is 4.47 Å². The highest BCUT2D eigenvalue weighted by Gasteiger charge is 2.40. The third-order valence-electron chi connectivity index (χ3n) is 4.65. The third kappa shape index (κ3) is 3.46. The minimum Gasteiger partial charge on any atom is -0.493 e. The molecule has 0 aliphatic rings. The Morgan fingerprint density at radius 3 is 2.10 bits per heavy atom. The highest BCUT2D eigenvalue weighted by molar-refractivity contribution is 9.10. The molecule has 0 aliphatic carbocycles. The molecule has 29 heavy (non-hydrogen) atoms. The van der Waals surface area contributed by atoms with E-state index in [1.54, 1.807) is 72.8 Å². The van der Waals surface area contributed by atoms with Gasteiger partial charge in [-0.2, -0.15) is 0 Å². The molecule has 4 aromatic rings. The van der Waals surface area contributed by atoms with Gasteiger partial charge < -0.3 is 15.2 Å². The molecule has 7 heteroatoms. The molecule has 0 fully saturated rings. The average Bonchev–Trinajstić information content (AvgIpc) is 3.06. The number of nitrogens with one attached hydrogen (secondary N) is 1. The lowest BCUT2D eigenvalue weighted by molar-refractivity contribution is -0.133. The number of nitrogens with zero attached hydrogens (tertiary/aromatic N) is 2. The molecule has 4 rings (SSSR count). The van der Waals surface area contributed by atoms with Crippen LogP contribution in [0.2, 0.25) is 0 Å². The Morgan fingerprint density at radius 2 is 1.52 bits per heavy atom. The maximum atomic E-state index is 13.1. The Morgan fingerprint density at radius 1 is 0.931 bits per heavy atom. The van der Waals surface area contributed by atoms with E-state index in [2.05, 4.69) is 31.1 Å². The highest BCUT2D eigenvalue weighted by Crippen LogP contribution is 2.38. The van der Waals surface area contributed by atoms with Gasteiger partial charge >= 0.3 is 5.91 Å². The van der Waals surface area contributed by atoms with Crippen LogP contribution in [0, 0.1) is 0 Å². The molecule has 0 spiro atoms. The van der Waals surface area contributed by atoms with Gasteiger partial charge in [0.2, 0.25) is 5.88 Å². The number of benzene rings is 3.